The highest BCUT2D eigenvalue weighted by molar-refractivity contribution is 5.69. The summed E-state index contributed by atoms with van der Waals surface area (Å²) in [6, 6.07) is 0. The third-order valence-corrected chi connectivity index (χ3v) is 2.38. The van der Waals surface area contributed by atoms with Crippen LogP contribution in [0.5, 0.6) is 0 Å². The van der Waals surface area contributed by atoms with Gasteiger partial charge in [-0.1, -0.05) is 6.92 Å². The summed E-state index contributed by atoms with van der Waals surface area (Å²) in [6.45, 7) is 4.15. The monoisotopic (exact) mass is 241 g/mol. The van der Waals surface area contributed by atoms with E-state index in [1.165, 1.54) is 7.11 Å². The quantitative estimate of drug-likeness (QED) is 0.629. The molecule has 0 unspecified atom stereocenters. The van der Waals surface area contributed by atoms with Gasteiger partial charge in [-0.05, 0) is 23.9 Å². The summed E-state index contributed by atoms with van der Waals surface area (Å²) in [6.07, 6.45) is 1.37. The van der Waals surface area contributed by atoms with Gasteiger partial charge in [0, 0.05) is 13.1 Å². The van der Waals surface area contributed by atoms with Crippen molar-refractivity contribution >= 4 is 5.97 Å². The van der Waals surface area contributed by atoms with E-state index in [1.54, 1.807) is 4.68 Å². The van der Waals surface area contributed by atoms with Crippen molar-refractivity contribution in [2.45, 2.75) is 32.9 Å². The first-order valence-electron chi connectivity index (χ1n) is 5.67. The second kappa shape index (κ2) is 6.95. The Kier molecular flexibility index (Phi) is 5.55. The number of rotatable bonds is 7. The molecule has 0 bridgehead atoms. The van der Waals surface area contributed by atoms with Gasteiger partial charge in [0.1, 0.15) is 0 Å². The summed E-state index contributed by atoms with van der Waals surface area (Å²) in [5.74, 6) is 0.615. The Hall–Kier alpha value is -1.50. The predicted octanol–water partition coefficient (Wildman–Crippen LogP) is 0.0780. The molecule has 7 heteroatoms. The van der Waals surface area contributed by atoms with E-state index in [1.807, 2.05) is 11.9 Å². The Bertz CT molecular complexity index is 352. The Labute approximate surface area is 101 Å². The van der Waals surface area contributed by atoms with E-state index in [-0.39, 0.29) is 5.97 Å². The van der Waals surface area contributed by atoms with Crippen LogP contribution >= 0.6 is 0 Å². The molecule has 0 saturated heterocycles. The van der Waals surface area contributed by atoms with E-state index in [0.29, 0.717) is 19.5 Å². The molecule has 1 aromatic heterocycles. The van der Waals surface area contributed by atoms with Crippen LogP contribution in [0.2, 0.25) is 0 Å². The molecule has 1 aromatic rings. The number of aryl methyl sites for hydroxylation is 1. The molecule has 1 heterocycles. The zero-order valence-electron chi connectivity index (χ0n) is 10.6. The van der Waals surface area contributed by atoms with Crippen LogP contribution in [0.25, 0.3) is 0 Å². The highest BCUT2D eigenvalue weighted by Gasteiger charge is 2.10. The van der Waals surface area contributed by atoms with Crippen LogP contribution in [-0.2, 0) is 22.6 Å². The number of esters is 1. The zero-order chi connectivity index (χ0) is 12.7. The topological polar surface area (TPSA) is 73.1 Å². The maximum Gasteiger partial charge on any atom is 0.306 e. The van der Waals surface area contributed by atoms with Gasteiger partial charge in [-0.15, -0.1) is 5.10 Å². The molecule has 0 spiro atoms. The maximum absolute atomic E-state index is 11.0. The molecular weight excluding hydrogens is 222 g/mol. The molecule has 0 aliphatic heterocycles. The smallest absolute Gasteiger partial charge is 0.306 e. The molecule has 17 heavy (non-hydrogen) atoms. The van der Waals surface area contributed by atoms with E-state index in [0.717, 1.165) is 18.8 Å². The lowest BCUT2D eigenvalue weighted by Crippen LogP contribution is -2.24. The fourth-order valence-electron chi connectivity index (χ4n) is 1.43. The van der Waals surface area contributed by atoms with Gasteiger partial charge in [-0.2, -0.15) is 0 Å². The Morgan fingerprint density at radius 1 is 1.53 bits per heavy atom. The van der Waals surface area contributed by atoms with E-state index in [4.69, 9.17) is 0 Å². The standard InChI is InChI=1S/C10H19N5O2/c1-4-6-15-9(11-12-13-15)8-14(2)7-5-10(16)17-3/h4-8H2,1-3H3. The molecule has 0 aliphatic carbocycles. The van der Waals surface area contributed by atoms with Crippen LogP contribution in [-0.4, -0.2) is 51.8 Å². The molecule has 0 amide bonds. The zero-order valence-corrected chi connectivity index (χ0v) is 10.6. The van der Waals surface area contributed by atoms with E-state index in [2.05, 4.69) is 27.2 Å². The van der Waals surface area contributed by atoms with Crippen LogP contribution in [0.3, 0.4) is 0 Å². The van der Waals surface area contributed by atoms with Gasteiger partial charge in [-0.25, -0.2) is 4.68 Å². The summed E-state index contributed by atoms with van der Waals surface area (Å²) in [7, 11) is 3.32. The lowest BCUT2D eigenvalue weighted by atomic mass is 10.4. The third kappa shape index (κ3) is 4.48. The number of hydrogen-bond donors (Lipinski definition) is 0. The molecule has 0 radical (unpaired) electrons. The molecule has 1 rings (SSSR count). The molecule has 0 aliphatic rings. The van der Waals surface area contributed by atoms with Gasteiger partial charge >= 0.3 is 5.97 Å². The van der Waals surface area contributed by atoms with E-state index < -0.39 is 0 Å². The number of hydrogen-bond acceptors (Lipinski definition) is 6. The van der Waals surface area contributed by atoms with Gasteiger partial charge in [-0.3, -0.25) is 9.69 Å². The molecule has 96 valence electrons. The minimum Gasteiger partial charge on any atom is -0.469 e. The number of tetrazole rings is 1. The highest BCUT2D eigenvalue weighted by Crippen LogP contribution is 2.00. The minimum absolute atomic E-state index is 0.204. The van der Waals surface area contributed by atoms with Gasteiger partial charge < -0.3 is 4.74 Å². The average molecular weight is 241 g/mol. The maximum atomic E-state index is 11.0. The number of nitrogens with zero attached hydrogens (tertiary/aromatic N) is 5. The Morgan fingerprint density at radius 3 is 2.94 bits per heavy atom. The molecule has 0 fully saturated rings. The summed E-state index contributed by atoms with van der Waals surface area (Å²) >= 11 is 0. The Balaban J connectivity index is 2.41. The molecule has 0 atom stereocenters. The fourth-order valence-corrected chi connectivity index (χ4v) is 1.43. The van der Waals surface area contributed by atoms with Crippen molar-refractivity contribution in [3.63, 3.8) is 0 Å². The van der Waals surface area contributed by atoms with Crippen LogP contribution in [0.4, 0.5) is 0 Å². The first-order valence-corrected chi connectivity index (χ1v) is 5.67. The van der Waals surface area contributed by atoms with E-state index in [9.17, 15) is 4.79 Å². The molecular formula is C10H19N5O2. The number of aromatic nitrogens is 4. The normalized spacial score (nSPS) is 10.8. The minimum atomic E-state index is -0.204. The SMILES string of the molecule is CCCn1nnnc1CN(C)CCC(=O)OC. The number of carbonyl (C=O) groups is 1. The van der Waals surface area contributed by atoms with E-state index >= 15 is 0 Å². The van der Waals surface area contributed by atoms with Crippen molar-refractivity contribution < 1.29 is 9.53 Å². The van der Waals surface area contributed by atoms with Crippen molar-refractivity contribution in [2.24, 2.45) is 0 Å². The largest absolute Gasteiger partial charge is 0.469 e. The first kappa shape index (κ1) is 13.6. The van der Waals surface area contributed by atoms with Crippen LogP contribution < -0.4 is 0 Å². The van der Waals surface area contributed by atoms with Crippen LogP contribution in [0.1, 0.15) is 25.6 Å². The lowest BCUT2D eigenvalue weighted by Gasteiger charge is -2.14. The summed E-state index contributed by atoms with van der Waals surface area (Å²) < 4.78 is 6.37. The summed E-state index contributed by atoms with van der Waals surface area (Å²) in [4.78, 5) is 13.0. The van der Waals surface area contributed by atoms with Crippen molar-refractivity contribution in [1.82, 2.24) is 25.1 Å². The summed E-state index contributed by atoms with van der Waals surface area (Å²) in [5.41, 5.74) is 0. The lowest BCUT2D eigenvalue weighted by molar-refractivity contribution is -0.140. The third-order valence-electron chi connectivity index (χ3n) is 2.38. The number of carbonyl (C=O) groups excluding carboxylic acids is 1. The predicted molar refractivity (Wildman–Crippen MR) is 61.1 cm³/mol. The molecule has 7 nitrogen and oxygen atoms in total. The van der Waals surface area contributed by atoms with Crippen molar-refractivity contribution in [3.8, 4) is 0 Å². The van der Waals surface area contributed by atoms with Crippen molar-refractivity contribution in [2.75, 3.05) is 20.7 Å². The van der Waals surface area contributed by atoms with Crippen LogP contribution in [0, 0.1) is 0 Å². The van der Waals surface area contributed by atoms with Crippen molar-refractivity contribution in [1.29, 1.82) is 0 Å². The fraction of sp³-hybridized carbons (Fsp3) is 0.800. The second-order valence-corrected chi connectivity index (χ2v) is 3.88. The average Bonchev–Trinajstić information content (AvgIpc) is 2.74. The molecule has 0 N–H and O–H groups in total. The van der Waals surface area contributed by atoms with Gasteiger partial charge in [0.25, 0.3) is 0 Å². The van der Waals surface area contributed by atoms with Crippen molar-refractivity contribution in [3.05, 3.63) is 5.82 Å². The van der Waals surface area contributed by atoms with Gasteiger partial charge in [0.05, 0.1) is 20.1 Å². The van der Waals surface area contributed by atoms with Crippen LogP contribution in [0.15, 0.2) is 0 Å². The second-order valence-electron chi connectivity index (χ2n) is 3.88. The van der Waals surface area contributed by atoms with Gasteiger partial charge in [0.2, 0.25) is 0 Å². The van der Waals surface area contributed by atoms with Gasteiger partial charge in [0.15, 0.2) is 5.82 Å². The number of ether oxygens (including phenoxy) is 1. The summed E-state index contributed by atoms with van der Waals surface area (Å²) in [5, 5.41) is 11.5. The first-order chi connectivity index (χ1) is 8.17. The Morgan fingerprint density at radius 2 is 2.29 bits per heavy atom. The highest BCUT2D eigenvalue weighted by atomic mass is 16.5. The molecule has 0 aromatic carbocycles. The number of methoxy groups -OCH3 is 1. The molecule has 0 saturated carbocycles.